The number of para-hydroxylation sites is 1. The third-order valence-electron chi connectivity index (χ3n) is 3.75. The first-order chi connectivity index (χ1) is 9.19. The molecule has 5 heteroatoms. The Bertz CT molecular complexity index is 615. The van der Waals surface area contributed by atoms with Gasteiger partial charge in [0.15, 0.2) is 0 Å². The van der Waals surface area contributed by atoms with Gasteiger partial charge in [-0.2, -0.15) is 0 Å². The lowest BCUT2D eigenvalue weighted by Crippen LogP contribution is -2.56. The van der Waals surface area contributed by atoms with Gasteiger partial charge >= 0.3 is 5.97 Å². The molecule has 1 aliphatic heterocycles. The summed E-state index contributed by atoms with van der Waals surface area (Å²) in [7, 11) is 1.36. The molecule has 0 aliphatic carbocycles. The summed E-state index contributed by atoms with van der Waals surface area (Å²) in [5.74, 6) is -0.337. The molecule has 0 radical (unpaired) electrons. The second kappa shape index (κ2) is 4.36. The summed E-state index contributed by atoms with van der Waals surface area (Å²) >= 11 is 0. The summed E-state index contributed by atoms with van der Waals surface area (Å²) in [6.45, 7) is 0.556. The number of nitrogens with two attached hydrogens (primary N) is 1. The van der Waals surface area contributed by atoms with Crippen LogP contribution < -0.4 is 5.73 Å². The predicted octanol–water partition coefficient (Wildman–Crippen LogP) is 1.62. The molecule has 5 nitrogen and oxygen atoms in total. The van der Waals surface area contributed by atoms with Gasteiger partial charge < -0.3 is 19.6 Å². The molecule has 2 aromatic rings. The fourth-order valence-electron chi connectivity index (χ4n) is 2.49. The maximum absolute atomic E-state index is 12.0. The van der Waals surface area contributed by atoms with E-state index in [1.165, 1.54) is 7.11 Å². The third kappa shape index (κ3) is 1.66. The Labute approximate surface area is 110 Å². The zero-order valence-corrected chi connectivity index (χ0v) is 10.6. The number of carbonyl (C=O) groups excluding carboxylic acids is 1. The van der Waals surface area contributed by atoms with E-state index in [4.69, 9.17) is 19.6 Å². The first-order valence-electron chi connectivity index (χ1n) is 6.07. The number of rotatable bonds is 3. The Morgan fingerprint density at radius 2 is 2.16 bits per heavy atom. The van der Waals surface area contributed by atoms with Crippen molar-refractivity contribution in [2.75, 3.05) is 20.3 Å². The van der Waals surface area contributed by atoms with Gasteiger partial charge in [-0.1, -0.05) is 18.2 Å². The number of furan rings is 1. The summed E-state index contributed by atoms with van der Waals surface area (Å²) in [5.41, 5.74) is 7.04. The molecule has 1 aromatic carbocycles. The molecule has 1 fully saturated rings. The summed E-state index contributed by atoms with van der Waals surface area (Å²) in [5, 5.41) is 0.921. The van der Waals surface area contributed by atoms with Crippen molar-refractivity contribution in [3.8, 4) is 0 Å². The van der Waals surface area contributed by atoms with E-state index in [0.717, 1.165) is 16.5 Å². The topological polar surface area (TPSA) is 74.7 Å². The van der Waals surface area contributed by atoms with E-state index in [1.807, 2.05) is 24.3 Å². The Kier molecular flexibility index (Phi) is 2.80. The average Bonchev–Trinajstić information content (AvgIpc) is 2.80. The van der Waals surface area contributed by atoms with Crippen LogP contribution in [0.15, 0.2) is 34.9 Å². The van der Waals surface area contributed by atoms with Crippen molar-refractivity contribution in [2.24, 2.45) is 11.1 Å². The van der Waals surface area contributed by atoms with E-state index in [0.29, 0.717) is 0 Å². The highest BCUT2D eigenvalue weighted by Gasteiger charge is 2.53. The Morgan fingerprint density at radius 1 is 1.42 bits per heavy atom. The molecule has 0 bridgehead atoms. The normalized spacial score (nSPS) is 18.8. The minimum Gasteiger partial charge on any atom is -0.468 e. The van der Waals surface area contributed by atoms with Crippen LogP contribution in [0.1, 0.15) is 11.6 Å². The first-order valence-corrected chi connectivity index (χ1v) is 6.07. The van der Waals surface area contributed by atoms with Gasteiger partial charge in [-0.05, 0) is 6.07 Å². The van der Waals surface area contributed by atoms with Crippen LogP contribution in [-0.4, -0.2) is 26.3 Å². The van der Waals surface area contributed by atoms with Crippen LogP contribution in [-0.2, 0) is 14.3 Å². The number of carbonyl (C=O) groups is 1. The zero-order chi connectivity index (χ0) is 13.5. The maximum atomic E-state index is 12.0. The highest BCUT2D eigenvalue weighted by molar-refractivity contribution is 5.84. The summed E-state index contributed by atoms with van der Waals surface area (Å²) in [4.78, 5) is 12.0. The van der Waals surface area contributed by atoms with Crippen LogP contribution >= 0.6 is 0 Å². The van der Waals surface area contributed by atoms with Gasteiger partial charge in [-0.15, -0.1) is 0 Å². The van der Waals surface area contributed by atoms with Gasteiger partial charge in [0.05, 0.1) is 32.6 Å². The number of benzene rings is 1. The molecule has 1 unspecified atom stereocenters. The van der Waals surface area contributed by atoms with E-state index in [1.54, 1.807) is 6.26 Å². The van der Waals surface area contributed by atoms with Crippen molar-refractivity contribution >= 4 is 16.9 Å². The Balaban J connectivity index is 2.03. The monoisotopic (exact) mass is 261 g/mol. The molecular weight excluding hydrogens is 246 g/mol. The van der Waals surface area contributed by atoms with Crippen LogP contribution in [0.2, 0.25) is 0 Å². The molecule has 100 valence electrons. The molecule has 3 rings (SSSR count). The average molecular weight is 261 g/mol. The van der Waals surface area contributed by atoms with Crippen molar-refractivity contribution in [1.29, 1.82) is 0 Å². The highest BCUT2D eigenvalue weighted by atomic mass is 16.5. The molecule has 0 amide bonds. The predicted molar refractivity (Wildman–Crippen MR) is 68.4 cm³/mol. The van der Waals surface area contributed by atoms with E-state index in [9.17, 15) is 4.79 Å². The molecule has 2 N–H and O–H groups in total. The van der Waals surface area contributed by atoms with Gasteiger partial charge in [0.2, 0.25) is 0 Å². The minimum absolute atomic E-state index is 0.278. The maximum Gasteiger partial charge on any atom is 0.318 e. The lowest BCUT2D eigenvalue weighted by atomic mass is 9.75. The second-order valence-corrected chi connectivity index (χ2v) is 4.81. The van der Waals surface area contributed by atoms with E-state index in [2.05, 4.69) is 0 Å². The molecule has 1 aromatic heterocycles. The lowest BCUT2D eigenvalue weighted by Gasteiger charge is -2.42. The van der Waals surface area contributed by atoms with Gasteiger partial charge in [-0.25, -0.2) is 0 Å². The van der Waals surface area contributed by atoms with Crippen molar-refractivity contribution in [3.63, 3.8) is 0 Å². The van der Waals surface area contributed by atoms with E-state index < -0.39 is 11.5 Å². The smallest absolute Gasteiger partial charge is 0.318 e. The molecule has 2 heterocycles. The van der Waals surface area contributed by atoms with E-state index in [-0.39, 0.29) is 19.2 Å². The standard InChI is InChI=1S/C14H15NO4/c1-17-13(16)14(7-18-8-14)12(15)10-6-19-11-5-3-2-4-9(10)11/h2-6,12H,7-8,15H2,1H3. The van der Waals surface area contributed by atoms with Gasteiger partial charge in [0, 0.05) is 10.9 Å². The van der Waals surface area contributed by atoms with Crippen LogP contribution in [0.5, 0.6) is 0 Å². The van der Waals surface area contributed by atoms with Crippen LogP contribution in [0.4, 0.5) is 0 Å². The fourth-order valence-corrected chi connectivity index (χ4v) is 2.49. The number of fused-ring (bicyclic) bond motifs is 1. The summed E-state index contributed by atoms with van der Waals surface area (Å²) in [6.07, 6.45) is 1.61. The number of methoxy groups -OCH3 is 1. The third-order valence-corrected chi connectivity index (χ3v) is 3.75. The SMILES string of the molecule is COC(=O)C1(C(N)c2coc3ccccc23)COC1. The summed E-state index contributed by atoms with van der Waals surface area (Å²) < 4.78 is 15.5. The van der Waals surface area contributed by atoms with Crippen LogP contribution in [0.25, 0.3) is 11.0 Å². The van der Waals surface area contributed by atoms with E-state index >= 15 is 0 Å². The van der Waals surface area contributed by atoms with Gasteiger partial charge in [0.1, 0.15) is 11.0 Å². The molecule has 0 spiro atoms. The van der Waals surface area contributed by atoms with Gasteiger partial charge in [-0.3, -0.25) is 4.79 Å². The quantitative estimate of drug-likeness (QED) is 0.850. The number of ether oxygens (including phenoxy) is 2. The molecule has 19 heavy (non-hydrogen) atoms. The molecule has 1 saturated heterocycles. The van der Waals surface area contributed by atoms with Crippen molar-refractivity contribution in [2.45, 2.75) is 6.04 Å². The summed E-state index contributed by atoms with van der Waals surface area (Å²) in [6, 6.07) is 7.10. The largest absolute Gasteiger partial charge is 0.468 e. The van der Waals surface area contributed by atoms with Crippen molar-refractivity contribution in [3.05, 3.63) is 36.1 Å². The zero-order valence-electron chi connectivity index (χ0n) is 10.6. The Hall–Kier alpha value is -1.85. The minimum atomic E-state index is -0.804. The lowest BCUT2D eigenvalue weighted by molar-refractivity contribution is -0.188. The van der Waals surface area contributed by atoms with Crippen LogP contribution in [0, 0.1) is 5.41 Å². The molecular formula is C14H15NO4. The second-order valence-electron chi connectivity index (χ2n) is 4.81. The number of hydrogen-bond donors (Lipinski definition) is 1. The molecule has 1 aliphatic rings. The number of esters is 1. The highest BCUT2D eigenvalue weighted by Crippen LogP contribution is 2.42. The van der Waals surface area contributed by atoms with Crippen molar-refractivity contribution < 1.29 is 18.7 Å². The fraction of sp³-hybridized carbons (Fsp3) is 0.357. The van der Waals surface area contributed by atoms with Crippen molar-refractivity contribution in [1.82, 2.24) is 0 Å². The molecule has 0 saturated carbocycles. The van der Waals surface area contributed by atoms with Gasteiger partial charge in [0.25, 0.3) is 0 Å². The molecule has 1 atom stereocenters. The Morgan fingerprint density at radius 3 is 2.79 bits per heavy atom. The number of hydrogen-bond acceptors (Lipinski definition) is 5. The van der Waals surface area contributed by atoms with Crippen LogP contribution in [0.3, 0.4) is 0 Å². The first kappa shape index (κ1) is 12.2.